The van der Waals surface area contributed by atoms with Crippen LogP contribution in [0.3, 0.4) is 0 Å². The van der Waals surface area contributed by atoms with Crippen LogP contribution in [0.15, 0.2) is 97.1 Å². The van der Waals surface area contributed by atoms with Gasteiger partial charge in [0.1, 0.15) is 11.5 Å². The highest BCUT2D eigenvalue weighted by atomic mass is 16.3. The first-order chi connectivity index (χ1) is 14.7. The van der Waals surface area contributed by atoms with Crippen molar-refractivity contribution in [3.8, 4) is 22.6 Å². The molecule has 0 amide bonds. The number of benzene rings is 6. The second kappa shape index (κ2) is 6.23. The van der Waals surface area contributed by atoms with Crippen molar-refractivity contribution < 1.29 is 10.2 Å². The zero-order chi connectivity index (χ0) is 20.2. The lowest BCUT2D eigenvalue weighted by atomic mass is 9.93. The van der Waals surface area contributed by atoms with Crippen LogP contribution in [-0.4, -0.2) is 10.2 Å². The van der Waals surface area contributed by atoms with E-state index in [0.29, 0.717) is 0 Å². The fraction of sp³-hybridized carbons (Fsp3) is 0. The normalized spacial score (nSPS) is 11.6. The zero-order valence-electron chi connectivity index (χ0n) is 16.1. The minimum absolute atomic E-state index is 0.241. The van der Waals surface area contributed by atoms with Gasteiger partial charge < -0.3 is 10.2 Å². The molecule has 6 aromatic rings. The van der Waals surface area contributed by atoms with E-state index in [0.717, 1.165) is 54.2 Å². The first kappa shape index (κ1) is 16.9. The molecule has 30 heavy (non-hydrogen) atoms. The summed E-state index contributed by atoms with van der Waals surface area (Å²) in [6.07, 6.45) is 0. The summed E-state index contributed by atoms with van der Waals surface area (Å²) in [4.78, 5) is 0. The Bertz CT molecular complexity index is 1490. The monoisotopic (exact) mass is 386 g/mol. The molecule has 6 aromatic carbocycles. The van der Waals surface area contributed by atoms with Crippen LogP contribution in [0, 0.1) is 0 Å². The van der Waals surface area contributed by atoms with Crippen molar-refractivity contribution in [2.45, 2.75) is 0 Å². The Hall–Kier alpha value is -4.04. The molecule has 0 saturated carbocycles. The summed E-state index contributed by atoms with van der Waals surface area (Å²) in [6, 6.07) is 32.1. The lowest BCUT2D eigenvalue weighted by molar-refractivity contribution is 0.480. The first-order valence-electron chi connectivity index (χ1n) is 9.98. The minimum atomic E-state index is 0.241. The number of rotatable bonds is 1. The maximum absolute atomic E-state index is 10.8. The van der Waals surface area contributed by atoms with Gasteiger partial charge in [-0.25, -0.2) is 0 Å². The van der Waals surface area contributed by atoms with Gasteiger partial charge in [0.15, 0.2) is 0 Å². The van der Waals surface area contributed by atoms with Gasteiger partial charge in [0.05, 0.1) is 0 Å². The van der Waals surface area contributed by atoms with Gasteiger partial charge in [-0.3, -0.25) is 0 Å². The molecule has 0 unspecified atom stereocenters. The van der Waals surface area contributed by atoms with Crippen molar-refractivity contribution in [3.05, 3.63) is 97.1 Å². The molecular formula is C28H18O2. The maximum Gasteiger partial charge on any atom is 0.124 e. The Morgan fingerprint density at radius 1 is 0.367 bits per heavy atom. The molecular weight excluding hydrogens is 368 g/mol. The van der Waals surface area contributed by atoms with E-state index in [1.807, 2.05) is 48.5 Å². The van der Waals surface area contributed by atoms with Crippen molar-refractivity contribution in [2.24, 2.45) is 0 Å². The molecule has 6 rings (SSSR count). The number of hydrogen-bond donors (Lipinski definition) is 2. The summed E-state index contributed by atoms with van der Waals surface area (Å²) >= 11 is 0. The van der Waals surface area contributed by atoms with E-state index in [1.54, 1.807) is 12.1 Å². The van der Waals surface area contributed by atoms with Crippen molar-refractivity contribution in [2.75, 3.05) is 0 Å². The lowest BCUT2D eigenvalue weighted by Crippen LogP contribution is -1.85. The molecule has 0 heterocycles. The molecule has 0 saturated heterocycles. The molecule has 0 fully saturated rings. The molecule has 0 spiro atoms. The molecule has 0 radical (unpaired) electrons. The molecule has 0 aliphatic heterocycles. The minimum Gasteiger partial charge on any atom is -0.507 e. The largest absolute Gasteiger partial charge is 0.507 e. The van der Waals surface area contributed by atoms with Crippen molar-refractivity contribution in [3.63, 3.8) is 0 Å². The van der Waals surface area contributed by atoms with Gasteiger partial charge in [-0.1, -0.05) is 72.8 Å². The van der Waals surface area contributed by atoms with E-state index in [2.05, 4.69) is 36.4 Å². The summed E-state index contributed by atoms with van der Waals surface area (Å²) in [5, 5.41) is 29.6. The second-order valence-corrected chi connectivity index (χ2v) is 7.75. The quantitative estimate of drug-likeness (QED) is 0.289. The van der Waals surface area contributed by atoms with Crippen molar-refractivity contribution >= 4 is 43.1 Å². The van der Waals surface area contributed by atoms with Crippen LogP contribution < -0.4 is 0 Å². The smallest absolute Gasteiger partial charge is 0.124 e. The standard InChI is InChI=1S/C28H18O2/c29-27-15-19(13-25-21-7-3-1-5-17(21)9-11-23(25)27)20-14-26-22-8-4-2-6-18(22)10-12-24(26)28(30)16-20/h1-16,29-30H. The molecule has 0 atom stereocenters. The van der Waals surface area contributed by atoms with Gasteiger partial charge in [0.2, 0.25) is 0 Å². The number of phenols is 2. The van der Waals surface area contributed by atoms with Gasteiger partial charge in [0, 0.05) is 10.8 Å². The molecule has 0 aliphatic carbocycles. The highest BCUT2D eigenvalue weighted by Gasteiger charge is 2.12. The Morgan fingerprint density at radius 2 is 0.800 bits per heavy atom. The molecule has 0 aromatic heterocycles. The van der Waals surface area contributed by atoms with E-state index in [4.69, 9.17) is 0 Å². The van der Waals surface area contributed by atoms with Crippen LogP contribution in [0.25, 0.3) is 54.2 Å². The fourth-order valence-corrected chi connectivity index (χ4v) is 4.53. The zero-order valence-corrected chi connectivity index (χ0v) is 16.1. The maximum atomic E-state index is 10.8. The Balaban J connectivity index is 1.69. The van der Waals surface area contributed by atoms with Crippen LogP contribution in [-0.2, 0) is 0 Å². The Morgan fingerprint density at radius 3 is 1.27 bits per heavy atom. The van der Waals surface area contributed by atoms with Crippen LogP contribution in [0.1, 0.15) is 0 Å². The van der Waals surface area contributed by atoms with E-state index in [-0.39, 0.29) is 11.5 Å². The second-order valence-electron chi connectivity index (χ2n) is 7.75. The third-order valence-corrected chi connectivity index (χ3v) is 6.01. The Kier molecular flexibility index (Phi) is 3.50. The van der Waals surface area contributed by atoms with Gasteiger partial charge in [-0.05, 0) is 67.7 Å². The number of aromatic hydroxyl groups is 2. The highest BCUT2D eigenvalue weighted by molar-refractivity contribution is 6.13. The third-order valence-electron chi connectivity index (χ3n) is 6.01. The van der Waals surface area contributed by atoms with E-state index in [9.17, 15) is 10.2 Å². The summed E-state index contributed by atoms with van der Waals surface area (Å²) in [7, 11) is 0. The predicted octanol–water partition coefficient (Wildman–Crippen LogP) is 7.38. The first-order valence-corrected chi connectivity index (χ1v) is 9.98. The number of hydrogen-bond acceptors (Lipinski definition) is 2. The van der Waals surface area contributed by atoms with Gasteiger partial charge in [-0.15, -0.1) is 0 Å². The van der Waals surface area contributed by atoms with E-state index >= 15 is 0 Å². The summed E-state index contributed by atoms with van der Waals surface area (Å²) < 4.78 is 0. The van der Waals surface area contributed by atoms with Crippen molar-refractivity contribution in [1.29, 1.82) is 0 Å². The van der Waals surface area contributed by atoms with Gasteiger partial charge in [0.25, 0.3) is 0 Å². The molecule has 0 bridgehead atoms. The van der Waals surface area contributed by atoms with Crippen LogP contribution in [0.4, 0.5) is 0 Å². The predicted molar refractivity (Wildman–Crippen MR) is 125 cm³/mol. The Labute approximate surface area is 173 Å². The van der Waals surface area contributed by atoms with Crippen LogP contribution in [0.5, 0.6) is 11.5 Å². The van der Waals surface area contributed by atoms with E-state index < -0.39 is 0 Å². The van der Waals surface area contributed by atoms with Crippen molar-refractivity contribution in [1.82, 2.24) is 0 Å². The SMILES string of the molecule is Oc1cc(-c2cc(O)c3ccc4ccccc4c3c2)cc2c1ccc1ccccc12. The molecule has 0 aliphatic rings. The molecule has 2 N–H and O–H groups in total. The highest BCUT2D eigenvalue weighted by Crippen LogP contribution is 2.39. The molecule has 142 valence electrons. The fourth-order valence-electron chi connectivity index (χ4n) is 4.53. The van der Waals surface area contributed by atoms with Gasteiger partial charge in [-0.2, -0.15) is 0 Å². The lowest BCUT2D eigenvalue weighted by Gasteiger charge is -2.12. The topological polar surface area (TPSA) is 40.5 Å². The average molecular weight is 386 g/mol. The average Bonchev–Trinajstić information content (AvgIpc) is 2.78. The molecule has 2 heteroatoms. The summed E-state index contributed by atoms with van der Waals surface area (Å²) in [6.45, 7) is 0. The number of phenolic OH excluding ortho intramolecular Hbond substituents is 2. The van der Waals surface area contributed by atoms with E-state index in [1.165, 1.54) is 0 Å². The summed E-state index contributed by atoms with van der Waals surface area (Å²) in [5.41, 5.74) is 1.75. The van der Waals surface area contributed by atoms with Gasteiger partial charge >= 0.3 is 0 Å². The van der Waals surface area contributed by atoms with Crippen LogP contribution >= 0.6 is 0 Å². The number of fused-ring (bicyclic) bond motifs is 6. The third kappa shape index (κ3) is 2.44. The molecule has 2 nitrogen and oxygen atoms in total. The van der Waals surface area contributed by atoms with Crippen LogP contribution in [0.2, 0.25) is 0 Å². The summed E-state index contributed by atoms with van der Waals surface area (Å²) in [5.74, 6) is 0.483.